The van der Waals surface area contributed by atoms with E-state index in [0.29, 0.717) is 6.04 Å². The normalized spacial score (nSPS) is 17.9. The van der Waals surface area contributed by atoms with Gasteiger partial charge >= 0.3 is 0 Å². The van der Waals surface area contributed by atoms with Crippen molar-refractivity contribution in [3.05, 3.63) is 34.4 Å². The van der Waals surface area contributed by atoms with Crippen molar-refractivity contribution in [1.82, 2.24) is 5.32 Å². The molecule has 1 aromatic carbocycles. The number of aryl methyl sites for hydroxylation is 3. The van der Waals surface area contributed by atoms with Gasteiger partial charge in [0.25, 0.3) is 0 Å². The van der Waals surface area contributed by atoms with Crippen molar-refractivity contribution in [3.8, 4) is 0 Å². The van der Waals surface area contributed by atoms with Gasteiger partial charge in [-0.25, -0.2) is 0 Å². The van der Waals surface area contributed by atoms with Crippen LogP contribution in [-0.2, 0) is 0 Å². The maximum Gasteiger partial charge on any atom is 0.0299 e. The van der Waals surface area contributed by atoms with Gasteiger partial charge in [0.15, 0.2) is 0 Å². The summed E-state index contributed by atoms with van der Waals surface area (Å²) in [6.07, 6.45) is 2.71. The van der Waals surface area contributed by atoms with Crippen LogP contribution in [0, 0.1) is 20.8 Å². The molecule has 1 heteroatoms. The van der Waals surface area contributed by atoms with E-state index in [4.69, 9.17) is 0 Å². The molecule has 82 valence electrons. The van der Waals surface area contributed by atoms with E-state index in [0.717, 1.165) is 6.04 Å². The summed E-state index contributed by atoms with van der Waals surface area (Å²) in [5.74, 6) is 0. The van der Waals surface area contributed by atoms with Crippen molar-refractivity contribution in [1.29, 1.82) is 0 Å². The average Bonchev–Trinajstić information content (AvgIpc) is 2.85. The number of benzene rings is 1. The number of hydrogen-bond donors (Lipinski definition) is 1. The van der Waals surface area contributed by atoms with E-state index >= 15 is 0 Å². The summed E-state index contributed by atoms with van der Waals surface area (Å²) in [4.78, 5) is 0. The molecule has 1 N–H and O–H groups in total. The van der Waals surface area contributed by atoms with Crippen LogP contribution in [0.15, 0.2) is 12.1 Å². The van der Waals surface area contributed by atoms with Gasteiger partial charge in [-0.05, 0) is 57.2 Å². The molecule has 0 saturated heterocycles. The highest BCUT2D eigenvalue weighted by Gasteiger charge is 2.24. The molecule has 1 aromatic rings. The highest BCUT2D eigenvalue weighted by atomic mass is 15.0. The van der Waals surface area contributed by atoms with Gasteiger partial charge in [0, 0.05) is 12.1 Å². The minimum atomic E-state index is 0.498. The van der Waals surface area contributed by atoms with Gasteiger partial charge in [0.1, 0.15) is 0 Å². The maximum atomic E-state index is 3.67. The lowest BCUT2D eigenvalue weighted by Crippen LogP contribution is -2.22. The summed E-state index contributed by atoms with van der Waals surface area (Å²) in [6.45, 7) is 8.90. The second-order valence-corrected chi connectivity index (χ2v) is 4.98. The largest absolute Gasteiger partial charge is 0.307 e. The van der Waals surface area contributed by atoms with Crippen LogP contribution in [-0.4, -0.2) is 6.04 Å². The van der Waals surface area contributed by atoms with Crippen molar-refractivity contribution in [2.45, 2.75) is 52.6 Å². The monoisotopic (exact) mass is 203 g/mol. The van der Waals surface area contributed by atoms with Gasteiger partial charge in [0.2, 0.25) is 0 Å². The summed E-state index contributed by atoms with van der Waals surface area (Å²) in [7, 11) is 0. The second kappa shape index (κ2) is 3.97. The fourth-order valence-corrected chi connectivity index (χ4v) is 2.56. The van der Waals surface area contributed by atoms with Gasteiger partial charge in [-0.3, -0.25) is 0 Å². The van der Waals surface area contributed by atoms with Crippen molar-refractivity contribution in [2.24, 2.45) is 0 Å². The maximum absolute atomic E-state index is 3.67. The quantitative estimate of drug-likeness (QED) is 0.793. The third kappa shape index (κ3) is 2.40. The van der Waals surface area contributed by atoms with Crippen molar-refractivity contribution < 1.29 is 0 Å². The minimum absolute atomic E-state index is 0.498. The zero-order valence-corrected chi connectivity index (χ0v) is 10.2. The van der Waals surface area contributed by atoms with Crippen molar-refractivity contribution in [3.63, 3.8) is 0 Å². The Morgan fingerprint density at radius 1 is 1.13 bits per heavy atom. The Balaban J connectivity index is 2.24. The van der Waals surface area contributed by atoms with E-state index in [2.05, 4.69) is 45.1 Å². The SMILES string of the molecule is Cc1cc(C)c(C(C)NC2CC2)c(C)c1. The van der Waals surface area contributed by atoms with E-state index in [1.807, 2.05) is 0 Å². The third-order valence-electron chi connectivity index (χ3n) is 3.23. The molecule has 0 bridgehead atoms. The Kier molecular flexibility index (Phi) is 2.83. The van der Waals surface area contributed by atoms with Gasteiger partial charge in [-0.2, -0.15) is 0 Å². The lowest BCUT2D eigenvalue weighted by molar-refractivity contribution is 0.566. The molecule has 0 radical (unpaired) electrons. The molecule has 1 atom stereocenters. The zero-order chi connectivity index (χ0) is 11.0. The molecule has 0 spiro atoms. The van der Waals surface area contributed by atoms with Crippen molar-refractivity contribution >= 4 is 0 Å². The molecule has 0 aliphatic heterocycles. The van der Waals surface area contributed by atoms with Crippen LogP contribution in [0.5, 0.6) is 0 Å². The summed E-state index contributed by atoms with van der Waals surface area (Å²) in [6, 6.07) is 5.85. The van der Waals surface area contributed by atoms with Crippen LogP contribution in [0.25, 0.3) is 0 Å². The molecule has 0 aromatic heterocycles. The number of nitrogens with one attached hydrogen (secondary N) is 1. The third-order valence-corrected chi connectivity index (χ3v) is 3.23. The fourth-order valence-electron chi connectivity index (χ4n) is 2.56. The Morgan fingerprint density at radius 3 is 2.13 bits per heavy atom. The van der Waals surface area contributed by atoms with E-state index in [1.54, 1.807) is 0 Å². The zero-order valence-electron chi connectivity index (χ0n) is 10.2. The van der Waals surface area contributed by atoms with Crippen LogP contribution in [0.4, 0.5) is 0 Å². The summed E-state index contributed by atoms with van der Waals surface area (Å²) in [5, 5.41) is 3.67. The first-order valence-electron chi connectivity index (χ1n) is 5.91. The topological polar surface area (TPSA) is 12.0 Å². The highest BCUT2D eigenvalue weighted by molar-refractivity contribution is 5.39. The molecular weight excluding hydrogens is 182 g/mol. The Morgan fingerprint density at radius 2 is 1.67 bits per heavy atom. The second-order valence-electron chi connectivity index (χ2n) is 4.98. The van der Waals surface area contributed by atoms with Gasteiger partial charge in [0.05, 0.1) is 0 Å². The first-order valence-corrected chi connectivity index (χ1v) is 5.91. The number of hydrogen-bond acceptors (Lipinski definition) is 1. The fraction of sp³-hybridized carbons (Fsp3) is 0.571. The van der Waals surface area contributed by atoms with Crippen molar-refractivity contribution in [2.75, 3.05) is 0 Å². The summed E-state index contributed by atoms with van der Waals surface area (Å²) in [5.41, 5.74) is 5.71. The summed E-state index contributed by atoms with van der Waals surface area (Å²) >= 11 is 0. The van der Waals surface area contributed by atoms with E-state index < -0.39 is 0 Å². The average molecular weight is 203 g/mol. The van der Waals surface area contributed by atoms with Gasteiger partial charge < -0.3 is 5.32 Å². The van der Waals surface area contributed by atoms with E-state index in [-0.39, 0.29) is 0 Å². The molecule has 1 unspecified atom stereocenters. The Labute approximate surface area is 92.9 Å². The molecule has 1 fully saturated rings. The molecule has 1 nitrogen and oxygen atoms in total. The van der Waals surface area contributed by atoms with Crippen LogP contribution in [0.1, 0.15) is 48.1 Å². The lowest BCUT2D eigenvalue weighted by atomic mass is 9.95. The molecule has 1 saturated carbocycles. The Bertz CT molecular complexity index is 341. The molecule has 1 aliphatic rings. The van der Waals surface area contributed by atoms with Gasteiger partial charge in [-0.1, -0.05) is 17.7 Å². The van der Waals surface area contributed by atoms with Crippen LogP contribution < -0.4 is 5.32 Å². The predicted octanol–water partition coefficient (Wildman–Crippen LogP) is 3.42. The molecule has 15 heavy (non-hydrogen) atoms. The molecule has 0 amide bonds. The van der Waals surface area contributed by atoms with Crippen LogP contribution >= 0.6 is 0 Å². The Hall–Kier alpha value is -0.820. The first-order chi connectivity index (χ1) is 7.08. The lowest BCUT2D eigenvalue weighted by Gasteiger charge is -2.19. The van der Waals surface area contributed by atoms with Gasteiger partial charge in [-0.15, -0.1) is 0 Å². The molecule has 2 rings (SSSR count). The minimum Gasteiger partial charge on any atom is -0.307 e. The van der Waals surface area contributed by atoms with E-state index in [9.17, 15) is 0 Å². The smallest absolute Gasteiger partial charge is 0.0299 e. The predicted molar refractivity (Wildman–Crippen MR) is 65.2 cm³/mol. The van der Waals surface area contributed by atoms with Crippen LogP contribution in [0.3, 0.4) is 0 Å². The highest BCUT2D eigenvalue weighted by Crippen LogP contribution is 2.28. The summed E-state index contributed by atoms with van der Waals surface area (Å²) < 4.78 is 0. The van der Waals surface area contributed by atoms with E-state index in [1.165, 1.54) is 35.1 Å². The first kappa shape index (κ1) is 10.7. The number of rotatable bonds is 3. The molecular formula is C14H21N. The molecule has 0 heterocycles. The standard InChI is InChI=1S/C14H21N/c1-9-7-10(2)14(11(3)8-9)12(4)15-13-5-6-13/h7-8,12-13,15H,5-6H2,1-4H3. The molecule has 1 aliphatic carbocycles. The van der Waals surface area contributed by atoms with Crippen LogP contribution in [0.2, 0.25) is 0 Å².